The number of pyridine rings is 1. The summed E-state index contributed by atoms with van der Waals surface area (Å²) in [6, 6.07) is 3.35. The molecule has 2 aliphatic rings. The molecule has 1 aromatic heterocycles. The Balaban J connectivity index is 1.52. The summed E-state index contributed by atoms with van der Waals surface area (Å²) in [5.41, 5.74) is 1.55. The van der Waals surface area contributed by atoms with Crippen LogP contribution in [0.15, 0.2) is 35.0 Å². The minimum Gasteiger partial charge on any atom is -0.357 e. The second-order valence-electron chi connectivity index (χ2n) is 7.00. The number of anilines is 1. The lowest BCUT2D eigenvalue weighted by atomic mass is 9.97. The van der Waals surface area contributed by atoms with Crippen LogP contribution in [0.3, 0.4) is 0 Å². The van der Waals surface area contributed by atoms with Crippen LogP contribution < -0.4 is 15.5 Å². The Morgan fingerprint density at radius 2 is 2.35 bits per heavy atom. The third-order valence-corrected chi connectivity index (χ3v) is 5.00. The molecule has 6 heteroatoms. The Morgan fingerprint density at radius 3 is 3.12 bits per heavy atom. The molecule has 2 heterocycles. The summed E-state index contributed by atoms with van der Waals surface area (Å²) in [5, 5.41) is 6.83. The van der Waals surface area contributed by atoms with Crippen molar-refractivity contribution >= 4 is 11.8 Å². The van der Waals surface area contributed by atoms with Crippen LogP contribution in [-0.4, -0.2) is 43.2 Å². The predicted octanol–water partition coefficient (Wildman–Crippen LogP) is 3.25. The van der Waals surface area contributed by atoms with Crippen LogP contribution in [0.5, 0.6) is 0 Å². The zero-order valence-corrected chi connectivity index (χ0v) is 15.7. The Morgan fingerprint density at radius 1 is 1.42 bits per heavy atom. The lowest BCUT2D eigenvalue weighted by molar-refractivity contribution is 0.612. The van der Waals surface area contributed by atoms with Crippen LogP contribution in [0.1, 0.15) is 45.4 Å². The van der Waals surface area contributed by atoms with E-state index in [4.69, 9.17) is 4.99 Å². The van der Waals surface area contributed by atoms with Gasteiger partial charge < -0.3 is 15.5 Å². The van der Waals surface area contributed by atoms with Crippen LogP contribution in [0.2, 0.25) is 0 Å². The van der Waals surface area contributed by atoms with Gasteiger partial charge in [0.1, 0.15) is 0 Å². The largest absolute Gasteiger partial charge is 0.357 e. The third-order valence-electron chi connectivity index (χ3n) is 5.00. The molecule has 0 radical (unpaired) electrons. The number of nitrogens with zero attached hydrogens (tertiary/aromatic N) is 3. The topological polar surface area (TPSA) is 52.6 Å². The van der Waals surface area contributed by atoms with Gasteiger partial charge in [-0.3, -0.25) is 4.99 Å². The van der Waals surface area contributed by atoms with Gasteiger partial charge >= 0.3 is 0 Å². The van der Waals surface area contributed by atoms with E-state index in [1.54, 1.807) is 17.8 Å². The van der Waals surface area contributed by atoms with Crippen molar-refractivity contribution in [2.45, 2.75) is 51.5 Å². The molecule has 26 heavy (non-hydrogen) atoms. The quantitative estimate of drug-likeness (QED) is 0.465. The molecule has 2 N–H and O–H groups in total. The number of hydrogen-bond donors (Lipinski definition) is 2. The van der Waals surface area contributed by atoms with Crippen molar-refractivity contribution in [3.63, 3.8) is 0 Å². The molecular weight excluding hydrogens is 329 g/mol. The summed E-state index contributed by atoms with van der Waals surface area (Å²) in [6.07, 6.45) is 11.1. The molecule has 1 aliphatic carbocycles. The first-order chi connectivity index (χ1) is 12.8. The van der Waals surface area contributed by atoms with Crippen LogP contribution in [0, 0.1) is 5.82 Å². The van der Waals surface area contributed by atoms with Gasteiger partial charge in [0.2, 0.25) is 0 Å². The van der Waals surface area contributed by atoms with E-state index in [2.05, 4.69) is 28.6 Å². The molecule has 1 fully saturated rings. The maximum Gasteiger partial charge on any atom is 0.191 e. The fraction of sp³-hybridized carbons (Fsp3) is 0.600. The lowest BCUT2D eigenvalue weighted by Gasteiger charge is -2.20. The molecule has 1 aromatic rings. The first-order valence-corrected chi connectivity index (χ1v) is 9.84. The molecule has 0 bridgehead atoms. The summed E-state index contributed by atoms with van der Waals surface area (Å²) < 4.78 is 13.9. The summed E-state index contributed by atoms with van der Waals surface area (Å²) in [6.45, 7) is 5.26. The minimum atomic E-state index is -0.255. The number of nitrogens with one attached hydrogen (secondary N) is 2. The van der Waals surface area contributed by atoms with Gasteiger partial charge in [0.05, 0.1) is 0 Å². The smallest absolute Gasteiger partial charge is 0.191 e. The highest BCUT2D eigenvalue weighted by atomic mass is 19.1. The molecule has 0 spiro atoms. The fourth-order valence-electron chi connectivity index (χ4n) is 3.64. The molecule has 3 rings (SSSR count). The van der Waals surface area contributed by atoms with E-state index in [0.29, 0.717) is 5.82 Å². The Labute approximate surface area is 155 Å². The van der Waals surface area contributed by atoms with Crippen LogP contribution in [-0.2, 0) is 0 Å². The fourth-order valence-corrected chi connectivity index (χ4v) is 3.64. The third kappa shape index (κ3) is 5.19. The molecule has 1 aliphatic heterocycles. The van der Waals surface area contributed by atoms with Gasteiger partial charge in [-0.1, -0.05) is 11.6 Å². The van der Waals surface area contributed by atoms with E-state index in [-0.39, 0.29) is 11.9 Å². The second-order valence-corrected chi connectivity index (χ2v) is 7.00. The molecule has 5 nitrogen and oxygen atoms in total. The van der Waals surface area contributed by atoms with Crippen molar-refractivity contribution in [1.29, 1.82) is 0 Å². The molecule has 1 atom stereocenters. The Bertz CT molecular complexity index is 643. The van der Waals surface area contributed by atoms with Crippen LogP contribution >= 0.6 is 0 Å². The summed E-state index contributed by atoms with van der Waals surface area (Å²) >= 11 is 0. The van der Waals surface area contributed by atoms with Gasteiger partial charge in [0.15, 0.2) is 17.6 Å². The average molecular weight is 359 g/mol. The van der Waals surface area contributed by atoms with E-state index in [1.165, 1.54) is 31.7 Å². The Kier molecular flexibility index (Phi) is 6.86. The van der Waals surface area contributed by atoms with Gasteiger partial charge in [-0.2, -0.15) is 0 Å². The minimum absolute atomic E-state index is 0.253. The molecule has 0 saturated carbocycles. The van der Waals surface area contributed by atoms with Crippen molar-refractivity contribution in [2.24, 2.45) is 4.99 Å². The summed E-state index contributed by atoms with van der Waals surface area (Å²) in [4.78, 5) is 10.9. The molecular formula is C20H30FN5. The number of guanidine groups is 1. The molecule has 0 aromatic carbocycles. The van der Waals surface area contributed by atoms with E-state index >= 15 is 0 Å². The monoisotopic (exact) mass is 359 g/mol. The average Bonchev–Trinajstić information content (AvgIpc) is 3.11. The SMILES string of the molecule is CCNC(=NCCC1=CCCCC1)NC1CCN(c2ncccc2F)C1. The summed E-state index contributed by atoms with van der Waals surface area (Å²) in [7, 11) is 0. The standard InChI is InChI=1S/C20H30FN5/c1-2-22-20(24-13-10-16-7-4-3-5-8-16)25-17-11-14-26(15-17)19-18(21)9-6-12-23-19/h6-7,9,12,17H,2-5,8,10-11,13-15H2,1H3,(H2,22,24,25). The van der Waals surface area contributed by atoms with E-state index < -0.39 is 0 Å². The zero-order chi connectivity index (χ0) is 18.2. The Hall–Kier alpha value is -2.11. The first-order valence-electron chi connectivity index (χ1n) is 9.84. The van der Waals surface area contributed by atoms with E-state index in [9.17, 15) is 4.39 Å². The number of halogens is 1. The van der Waals surface area contributed by atoms with E-state index in [0.717, 1.165) is 45.0 Å². The second kappa shape index (κ2) is 9.55. The predicted molar refractivity (Wildman–Crippen MR) is 105 cm³/mol. The number of allylic oxidation sites excluding steroid dienone is 1. The molecule has 1 saturated heterocycles. The van der Waals surface area contributed by atoms with Crippen LogP contribution in [0.25, 0.3) is 0 Å². The van der Waals surface area contributed by atoms with Gasteiger partial charge in [-0.05, 0) is 57.6 Å². The number of rotatable bonds is 6. The number of hydrogen-bond acceptors (Lipinski definition) is 3. The van der Waals surface area contributed by atoms with Gasteiger partial charge in [0, 0.05) is 38.4 Å². The normalized spacial score (nSPS) is 20.8. The van der Waals surface area contributed by atoms with Crippen molar-refractivity contribution in [3.8, 4) is 0 Å². The zero-order valence-electron chi connectivity index (χ0n) is 15.7. The van der Waals surface area contributed by atoms with Crippen molar-refractivity contribution in [3.05, 3.63) is 35.8 Å². The van der Waals surface area contributed by atoms with Crippen molar-refractivity contribution in [1.82, 2.24) is 15.6 Å². The highest BCUT2D eigenvalue weighted by Gasteiger charge is 2.25. The van der Waals surface area contributed by atoms with Crippen molar-refractivity contribution in [2.75, 3.05) is 31.1 Å². The number of aliphatic imine (C=N–C) groups is 1. The van der Waals surface area contributed by atoms with Gasteiger partial charge in [-0.15, -0.1) is 0 Å². The van der Waals surface area contributed by atoms with Gasteiger partial charge in [-0.25, -0.2) is 9.37 Å². The van der Waals surface area contributed by atoms with Gasteiger partial charge in [0.25, 0.3) is 0 Å². The highest BCUT2D eigenvalue weighted by molar-refractivity contribution is 5.80. The number of aromatic nitrogens is 1. The van der Waals surface area contributed by atoms with Crippen LogP contribution in [0.4, 0.5) is 10.2 Å². The van der Waals surface area contributed by atoms with E-state index in [1.807, 2.05) is 4.90 Å². The van der Waals surface area contributed by atoms with Crippen molar-refractivity contribution < 1.29 is 4.39 Å². The molecule has 142 valence electrons. The molecule has 0 amide bonds. The molecule has 1 unspecified atom stereocenters. The highest BCUT2D eigenvalue weighted by Crippen LogP contribution is 2.21. The summed E-state index contributed by atoms with van der Waals surface area (Å²) in [5.74, 6) is 1.05. The first kappa shape index (κ1) is 18.7. The maximum absolute atomic E-state index is 13.9. The lowest BCUT2D eigenvalue weighted by Crippen LogP contribution is -2.44. The maximum atomic E-state index is 13.9.